The highest BCUT2D eigenvalue weighted by atomic mass is 35.5. The van der Waals surface area contributed by atoms with Crippen LogP contribution in [0.4, 0.5) is 5.69 Å². The summed E-state index contributed by atoms with van der Waals surface area (Å²) in [6, 6.07) is 8.37. The van der Waals surface area contributed by atoms with Crippen molar-refractivity contribution < 1.29 is 9.21 Å². The summed E-state index contributed by atoms with van der Waals surface area (Å²) in [5, 5.41) is 7.13. The number of hydrogen-bond donors (Lipinski definition) is 2. The lowest BCUT2D eigenvalue weighted by Crippen LogP contribution is -2.34. The van der Waals surface area contributed by atoms with Gasteiger partial charge in [0, 0.05) is 23.6 Å². The third kappa shape index (κ3) is 4.58. The van der Waals surface area contributed by atoms with Crippen LogP contribution in [-0.4, -0.2) is 19.0 Å². The Labute approximate surface area is 147 Å². The Kier molecular flexibility index (Phi) is 6.40. The molecule has 1 aliphatic rings. The molecule has 1 saturated heterocycles. The van der Waals surface area contributed by atoms with Crippen LogP contribution in [-0.2, 0) is 4.79 Å². The number of rotatable bonds is 4. The maximum atomic E-state index is 12.3. The first kappa shape index (κ1) is 18.5. The Balaban J connectivity index is 0.00000208. The van der Waals surface area contributed by atoms with Crippen LogP contribution in [0.3, 0.4) is 0 Å². The zero-order valence-electron chi connectivity index (χ0n) is 13.7. The molecule has 1 aliphatic heterocycles. The van der Waals surface area contributed by atoms with Gasteiger partial charge in [-0.3, -0.25) is 4.79 Å². The molecular formula is C18H23ClN2O3. The van der Waals surface area contributed by atoms with Crippen molar-refractivity contribution in [3.8, 4) is 0 Å². The van der Waals surface area contributed by atoms with Gasteiger partial charge in [0.1, 0.15) is 5.58 Å². The molecule has 5 nitrogen and oxygen atoms in total. The lowest BCUT2D eigenvalue weighted by atomic mass is 9.85. The number of nitrogens with one attached hydrogen (secondary N) is 2. The predicted octanol–water partition coefficient (Wildman–Crippen LogP) is 3.18. The first-order chi connectivity index (χ1) is 11.1. The van der Waals surface area contributed by atoms with Crippen molar-refractivity contribution >= 4 is 35.0 Å². The van der Waals surface area contributed by atoms with Crippen LogP contribution in [0.2, 0.25) is 0 Å². The van der Waals surface area contributed by atoms with Gasteiger partial charge in [0.2, 0.25) is 5.91 Å². The van der Waals surface area contributed by atoms with Gasteiger partial charge in [-0.2, -0.15) is 0 Å². The highest BCUT2D eigenvalue weighted by molar-refractivity contribution is 5.93. The number of anilines is 1. The van der Waals surface area contributed by atoms with Crippen LogP contribution in [0.25, 0.3) is 11.0 Å². The maximum Gasteiger partial charge on any atom is 0.336 e. The van der Waals surface area contributed by atoms with Crippen LogP contribution in [0, 0.1) is 11.8 Å². The molecule has 0 bridgehead atoms. The summed E-state index contributed by atoms with van der Waals surface area (Å²) in [6.07, 6.45) is 2.90. The quantitative estimate of drug-likeness (QED) is 0.831. The summed E-state index contributed by atoms with van der Waals surface area (Å²) < 4.78 is 5.09. The van der Waals surface area contributed by atoms with Crippen LogP contribution >= 0.6 is 12.4 Å². The normalized spacial score (nSPS) is 18.6. The zero-order chi connectivity index (χ0) is 16.2. The lowest BCUT2D eigenvalue weighted by Gasteiger charge is -2.28. The number of piperidine rings is 1. The number of fused-ring (bicyclic) bond motifs is 1. The van der Waals surface area contributed by atoms with E-state index >= 15 is 0 Å². The first-order valence-corrected chi connectivity index (χ1v) is 8.16. The molecule has 130 valence electrons. The van der Waals surface area contributed by atoms with E-state index in [2.05, 4.69) is 17.6 Å². The maximum absolute atomic E-state index is 12.3. The number of carbonyl (C=O) groups excluding carboxylic acids is 1. The molecule has 1 aromatic heterocycles. The first-order valence-electron chi connectivity index (χ1n) is 8.16. The van der Waals surface area contributed by atoms with Crippen LogP contribution in [0.5, 0.6) is 0 Å². The molecular weight excluding hydrogens is 328 g/mol. The highest BCUT2D eigenvalue weighted by Gasteiger charge is 2.22. The molecule has 0 aliphatic carbocycles. The Morgan fingerprint density at radius 2 is 2.21 bits per heavy atom. The van der Waals surface area contributed by atoms with Crippen molar-refractivity contribution in [2.24, 2.45) is 11.8 Å². The van der Waals surface area contributed by atoms with E-state index < -0.39 is 0 Å². The predicted molar refractivity (Wildman–Crippen MR) is 97.7 cm³/mol. The summed E-state index contributed by atoms with van der Waals surface area (Å²) in [5.41, 5.74) is 0.881. The van der Waals surface area contributed by atoms with Gasteiger partial charge in [-0.1, -0.05) is 6.92 Å². The Morgan fingerprint density at radius 3 is 2.96 bits per heavy atom. The molecule has 1 aromatic carbocycles. The van der Waals surface area contributed by atoms with Gasteiger partial charge in [0.25, 0.3) is 0 Å². The standard InChI is InChI=1S/C18H22N2O3.ClH/c1-12(14-3-2-8-19-11-14)9-17(21)20-15-5-6-16-13(10-15)4-7-18(22)23-16;/h4-7,10,12,14,19H,2-3,8-9,11H2,1H3,(H,20,21);1H. The van der Waals surface area contributed by atoms with E-state index in [1.165, 1.54) is 18.9 Å². The van der Waals surface area contributed by atoms with Gasteiger partial charge in [0.05, 0.1) is 0 Å². The fraction of sp³-hybridized carbons (Fsp3) is 0.444. The van der Waals surface area contributed by atoms with Crippen LogP contribution in [0.1, 0.15) is 26.2 Å². The van der Waals surface area contributed by atoms with Crippen molar-refractivity contribution in [2.75, 3.05) is 18.4 Å². The molecule has 2 N–H and O–H groups in total. The minimum Gasteiger partial charge on any atom is -0.423 e. The van der Waals surface area contributed by atoms with Gasteiger partial charge >= 0.3 is 5.63 Å². The largest absolute Gasteiger partial charge is 0.423 e. The van der Waals surface area contributed by atoms with Gasteiger partial charge in [-0.15, -0.1) is 12.4 Å². The fourth-order valence-electron chi connectivity index (χ4n) is 3.19. The van der Waals surface area contributed by atoms with Crippen molar-refractivity contribution in [2.45, 2.75) is 26.2 Å². The summed E-state index contributed by atoms with van der Waals surface area (Å²) >= 11 is 0. The Hall–Kier alpha value is -1.85. The molecule has 1 fully saturated rings. The second-order valence-corrected chi connectivity index (χ2v) is 6.34. The fourth-order valence-corrected chi connectivity index (χ4v) is 3.19. The third-order valence-corrected chi connectivity index (χ3v) is 4.55. The van der Waals surface area contributed by atoms with E-state index in [9.17, 15) is 9.59 Å². The van der Waals surface area contributed by atoms with E-state index in [0.717, 1.165) is 24.2 Å². The number of amides is 1. The average molecular weight is 351 g/mol. The molecule has 0 spiro atoms. The molecule has 0 saturated carbocycles. The number of carbonyl (C=O) groups is 1. The van der Waals surface area contributed by atoms with Crippen molar-refractivity contribution in [3.63, 3.8) is 0 Å². The number of hydrogen-bond acceptors (Lipinski definition) is 4. The molecule has 1 amide bonds. The SMILES string of the molecule is CC(CC(=O)Nc1ccc2oc(=O)ccc2c1)C1CCCNC1.Cl. The van der Waals surface area contributed by atoms with Gasteiger partial charge in [-0.25, -0.2) is 4.79 Å². The van der Waals surface area contributed by atoms with E-state index in [1.807, 2.05) is 6.07 Å². The molecule has 2 unspecified atom stereocenters. The Bertz CT molecular complexity index is 753. The lowest BCUT2D eigenvalue weighted by molar-refractivity contribution is -0.117. The smallest absolute Gasteiger partial charge is 0.336 e. The monoisotopic (exact) mass is 350 g/mol. The summed E-state index contributed by atoms with van der Waals surface area (Å²) in [7, 11) is 0. The van der Waals surface area contributed by atoms with Crippen molar-refractivity contribution in [1.82, 2.24) is 5.32 Å². The third-order valence-electron chi connectivity index (χ3n) is 4.55. The average Bonchev–Trinajstić information content (AvgIpc) is 2.55. The topological polar surface area (TPSA) is 71.3 Å². The van der Waals surface area contributed by atoms with Crippen LogP contribution in [0.15, 0.2) is 39.5 Å². The zero-order valence-corrected chi connectivity index (χ0v) is 14.5. The molecule has 3 rings (SSSR count). The molecule has 2 atom stereocenters. The summed E-state index contributed by atoms with van der Waals surface area (Å²) in [5.74, 6) is 0.960. The minimum atomic E-state index is -0.371. The van der Waals surface area contributed by atoms with Crippen molar-refractivity contribution in [3.05, 3.63) is 40.8 Å². The summed E-state index contributed by atoms with van der Waals surface area (Å²) in [6.45, 7) is 4.23. The molecule has 6 heteroatoms. The second-order valence-electron chi connectivity index (χ2n) is 6.34. The molecule has 2 heterocycles. The van der Waals surface area contributed by atoms with E-state index in [0.29, 0.717) is 23.8 Å². The molecule has 0 radical (unpaired) electrons. The number of halogens is 1. The van der Waals surface area contributed by atoms with Gasteiger partial charge in [0.15, 0.2) is 0 Å². The van der Waals surface area contributed by atoms with Crippen LogP contribution < -0.4 is 16.3 Å². The molecule has 2 aromatic rings. The van der Waals surface area contributed by atoms with Crippen molar-refractivity contribution in [1.29, 1.82) is 0 Å². The van der Waals surface area contributed by atoms with E-state index in [1.54, 1.807) is 18.2 Å². The van der Waals surface area contributed by atoms with Gasteiger partial charge < -0.3 is 15.1 Å². The summed E-state index contributed by atoms with van der Waals surface area (Å²) in [4.78, 5) is 23.4. The second kappa shape index (κ2) is 8.31. The minimum absolute atomic E-state index is 0. The highest BCUT2D eigenvalue weighted by Crippen LogP contribution is 2.23. The number of benzene rings is 1. The Morgan fingerprint density at radius 1 is 1.38 bits per heavy atom. The van der Waals surface area contributed by atoms with E-state index in [4.69, 9.17) is 4.42 Å². The van der Waals surface area contributed by atoms with E-state index in [-0.39, 0.29) is 23.9 Å². The van der Waals surface area contributed by atoms with Gasteiger partial charge in [-0.05, 0) is 62.0 Å². The molecule has 24 heavy (non-hydrogen) atoms.